The number of hydrogen-bond acceptors (Lipinski definition) is 4. The Bertz CT molecular complexity index is 885. The van der Waals surface area contributed by atoms with Crippen LogP contribution in [-0.2, 0) is 4.74 Å². The number of nitrogens with zero attached hydrogens (tertiary/aromatic N) is 3. The SMILES string of the molecule is CCOC(=O)N1CC[C@H](N2CCC(n3c(=O)[nH]c4cc(F)ccc43)CC2)C1. The van der Waals surface area contributed by atoms with Crippen LogP contribution in [0.15, 0.2) is 23.0 Å². The molecule has 1 aromatic heterocycles. The summed E-state index contributed by atoms with van der Waals surface area (Å²) in [4.78, 5) is 31.2. The normalized spacial score (nSPS) is 21.9. The molecule has 0 unspecified atom stereocenters. The first-order chi connectivity index (χ1) is 13.1. The van der Waals surface area contributed by atoms with Crippen LogP contribution < -0.4 is 5.69 Å². The summed E-state index contributed by atoms with van der Waals surface area (Å²) >= 11 is 0. The first-order valence-electron chi connectivity index (χ1n) is 9.62. The number of amides is 1. The molecular weight excluding hydrogens is 351 g/mol. The smallest absolute Gasteiger partial charge is 0.409 e. The molecule has 1 aromatic carbocycles. The van der Waals surface area contributed by atoms with E-state index in [4.69, 9.17) is 4.74 Å². The van der Waals surface area contributed by atoms with Gasteiger partial charge in [-0.2, -0.15) is 0 Å². The second-order valence-corrected chi connectivity index (χ2v) is 7.32. The summed E-state index contributed by atoms with van der Waals surface area (Å²) in [6, 6.07) is 4.89. The zero-order chi connectivity index (χ0) is 19.0. The number of aromatic nitrogens is 2. The lowest BCUT2D eigenvalue weighted by Crippen LogP contribution is -2.44. The Kier molecular flexibility index (Phi) is 4.90. The number of nitrogens with one attached hydrogen (secondary N) is 1. The van der Waals surface area contributed by atoms with Crippen LogP contribution in [0, 0.1) is 5.82 Å². The van der Waals surface area contributed by atoms with Crippen molar-refractivity contribution in [3.63, 3.8) is 0 Å². The van der Waals surface area contributed by atoms with E-state index in [1.165, 1.54) is 12.1 Å². The van der Waals surface area contributed by atoms with Gasteiger partial charge in [-0.05, 0) is 44.4 Å². The summed E-state index contributed by atoms with van der Waals surface area (Å²) in [5, 5.41) is 0. The molecule has 4 rings (SSSR count). The number of rotatable bonds is 3. The van der Waals surface area contributed by atoms with E-state index < -0.39 is 0 Å². The van der Waals surface area contributed by atoms with Gasteiger partial charge in [-0.25, -0.2) is 14.0 Å². The molecule has 0 radical (unpaired) electrons. The van der Waals surface area contributed by atoms with Gasteiger partial charge in [0.25, 0.3) is 0 Å². The highest BCUT2D eigenvalue weighted by atomic mass is 19.1. The summed E-state index contributed by atoms with van der Waals surface area (Å²) in [7, 11) is 0. The molecule has 3 heterocycles. The second kappa shape index (κ2) is 7.34. The van der Waals surface area contributed by atoms with Crippen LogP contribution in [-0.4, -0.2) is 64.3 Å². The standard InChI is InChI=1S/C19H25FN4O3/c1-2-27-19(26)23-10-7-15(12-23)22-8-5-14(6-9-22)24-17-4-3-13(20)11-16(17)21-18(24)25/h3-4,11,14-15H,2,5-10,12H2,1H3,(H,21,25)/t15-/m0/s1. The van der Waals surface area contributed by atoms with E-state index in [1.807, 2.05) is 6.92 Å². The predicted octanol–water partition coefficient (Wildman–Crippen LogP) is 2.34. The van der Waals surface area contributed by atoms with Crippen molar-refractivity contribution < 1.29 is 13.9 Å². The molecule has 1 N–H and O–H groups in total. The zero-order valence-electron chi connectivity index (χ0n) is 15.5. The van der Waals surface area contributed by atoms with E-state index in [0.717, 1.165) is 44.4 Å². The minimum absolute atomic E-state index is 0.107. The number of hydrogen-bond donors (Lipinski definition) is 1. The Labute approximate surface area is 156 Å². The van der Waals surface area contributed by atoms with Crippen molar-refractivity contribution in [1.82, 2.24) is 19.4 Å². The van der Waals surface area contributed by atoms with Gasteiger partial charge in [-0.3, -0.25) is 9.47 Å². The summed E-state index contributed by atoms with van der Waals surface area (Å²) in [5.74, 6) is -0.349. The molecule has 27 heavy (non-hydrogen) atoms. The van der Waals surface area contributed by atoms with Crippen molar-refractivity contribution in [3.8, 4) is 0 Å². The molecule has 0 saturated carbocycles. The highest BCUT2D eigenvalue weighted by molar-refractivity contribution is 5.75. The van der Waals surface area contributed by atoms with Crippen molar-refractivity contribution >= 4 is 17.1 Å². The molecule has 2 saturated heterocycles. The van der Waals surface area contributed by atoms with Gasteiger partial charge in [-0.1, -0.05) is 0 Å². The van der Waals surface area contributed by atoms with Crippen molar-refractivity contribution in [1.29, 1.82) is 0 Å². The minimum atomic E-state index is -0.349. The van der Waals surface area contributed by atoms with Crippen molar-refractivity contribution in [2.45, 2.75) is 38.3 Å². The fraction of sp³-hybridized carbons (Fsp3) is 0.579. The monoisotopic (exact) mass is 376 g/mol. The highest BCUT2D eigenvalue weighted by Crippen LogP contribution is 2.28. The molecule has 1 amide bonds. The molecule has 8 heteroatoms. The summed E-state index contributed by atoms with van der Waals surface area (Å²) in [5.41, 5.74) is 1.13. The zero-order valence-corrected chi connectivity index (χ0v) is 15.5. The van der Waals surface area contributed by atoms with Gasteiger partial charge in [0, 0.05) is 38.3 Å². The van der Waals surface area contributed by atoms with E-state index in [-0.39, 0.29) is 23.6 Å². The van der Waals surface area contributed by atoms with Gasteiger partial charge < -0.3 is 14.6 Å². The van der Waals surface area contributed by atoms with Crippen molar-refractivity contribution in [2.75, 3.05) is 32.8 Å². The number of aromatic amines is 1. The Morgan fingerprint density at radius 2 is 1.96 bits per heavy atom. The molecule has 0 aliphatic carbocycles. The lowest BCUT2D eigenvalue weighted by molar-refractivity contribution is 0.105. The number of imidazole rings is 1. The molecule has 146 valence electrons. The fourth-order valence-corrected chi connectivity index (χ4v) is 4.40. The Hall–Kier alpha value is -2.35. The lowest BCUT2D eigenvalue weighted by atomic mass is 10.0. The number of carbonyl (C=O) groups excluding carboxylic acids is 1. The number of H-pyrrole nitrogens is 1. The molecule has 7 nitrogen and oxygen atoms in total. The van der Waals surface area contributed by atoms with E-state index in [1.54, 1.807) is 15.5 Å². The number of benzene rings is 1. The predicted molar refractivity (Wildman–Crippen MR) is 99.4 cm³/mol. The number of halogens is 1. The average molecular weight is 376 g/mol. The van der Waals surface area contributed by atoms with Crippen LogP contribution in [0.4, 0.5) is 9.18 Å². The van der Waals surface area contributed by atoms with Gasteiger partial charge in [0.2, 0.25) is 0 Å². The molecular formula is C19H25FN4O3. The molecule has 1 atom stereocenters. The Morgan fingerprint density at radius 3 is 2.70 bits per heavy atom. The Balaban J connectivity index is 1.41. The summed E-state index contributed by atoms with van der Waals surface area (Å²) in [6.45, 7) is 5.41. The number of likely N-dealkylation sites (tertiary alicyclic amines) is 2. The third kappa shape index (κ3) is 3.45. The molecule has 2 aliphatic rings. The van der Waals surface area contributed by atoms with Gasteiger partial charge in [-0.15, -0.1) is 0 Å². The second-order valence-electron chi connectivity index (χ2n) is 7.32. The van der Waals surface area contributed by atoms with Crippen LogP contribution in [0.1, 0.15) is 32.2 Å². The van der Waals surface area contributed by atoms with Gasteiger partial charge in [0.15, 0.2) is 0 Å². The molecule has 0 bridgehead atoms. The van der Waals surface area contributed by atoms with Crippen molar-refractivity contribution in [2.24, 2.45) is 0 Å². The molecule has 2 fully saturated rings. The van der Waals surface area contributed by atoms with Crippen LogP contribution in [0.2, 0.25) is 0 Å². The van der Waals surface area contributed by atoms with Gasteiger partial charge >= 0.3 is 11.8 Å². The number of fused-ring (bicyclic) bond motifs is 1. The van der Waals surface area contributed by atoms with Gasteiger partial charge in [0.05, 0.1) is 17.6 Å². The van der Waals surface area contributed by atoms with Crippen LogP contribution in [0.25, 0.3) is 11.0 Å². The molecule has 0 spiro atoms. The minimum Gasteiger partial charge on any atom is -0.450 e. The number of piperidine rings is 1. The topological polar surface area (TPSA) is 70.6 Å². The fourth-order valence-electron chi connectivity index (χ4n) is 4.40. The number of carbonyl (C=O) groups is 1. The maximum atomic E-state index is 13.4. The van der Waals surface area contributed by atoms with Crippen molar-refractivity contribution in [3.05, 3.63) is 34.5 Å². The maximum absolute atomic E-state index is 13.4. The summed E-state index contributed by atoms with van der Waals surface area (Å²) in [6.07, 6.45) is 2.45. The van der Waals surface area contributed by atoms with E-state index >= 15 is 0 Å². The molecule has 2 aliphatic heterocycles. The summed E-state index contributed by atoms with van der Waals surface area (Å²) < 4.78 is 20.3. The van der Waals surface area contributed by atoms with E-state index in [9.17, 15) is 14.0 Å². The lowest BCUT2D eigenvalue weighted by Gasteiger charge is -2.36. The first kappa shape index (κ1) is 18.0. The third-order valence-electron chi connectivity index (χ3n) is 5.75. The van der Waals surface area contributed by atoms with Gasteiger partial charge in [0.1, 0.15) is 5.82 Å². The van der Waals surface area contributed by atoms with Crippen LogP contribution in [0.5, 0.6) is 0 Å². The third-order valence-corrected chi connectivity index (χ3v) is 5.75. The van der Waals surface area contributed by atoms with E-state index in [0.29, 0.717) is 24.7 Å². The quantitative estimate of drug-likeness (QED) is 0.893. The Morgan fingerprint density at radius 1 is 1.22 bits per heavy atom. The van der Waals surface area contributed by atoms with Crippen LogP contribution >= 0.6 is 0 Å². The van der Waals surface area contributed by atoms with E-state index in [2.05, 4.69) is 9.88 Å². The maximum Gasteiger partial charge on any atom is 0.409 e. The highest BCUT2D eigenvalue weighted by Gasteiger charge is 2.33. The van der Waals surface area contributed by atoms with Crippen LogP contribution in [0.3, 0.4) is 0 Å². The average Bonchev–Trinajstić information content (AvgIpc) is 3.26. The first-order valence-corrected chi connectivity index (χ1v) is 9.62. The number of ether oxygens (including phenoxy) is 1. The molecule has 2 aromatic rings. The largest absolute Gasteiger partial charge is 0.450 e.